The predicted molar refractivity (Wildman–Crippen MR) is 140 cm³/mol. The van der Waals surface area contributed by atoms with Gasteiger partial charge in [0.15, 0.2) is 16.8 Å². The maximum Gasteiger partial charge on any atom is 0.280 e. The van der Waals surface area contributed by atoms with Gasteiger partial charge >= 0.3 is 0 Å². The summed E-state index contributed by atoms with van der Waals surface area (Å²) in [6, 6.07) is 1.75. The van der Waals surface area contributed by atoms with E-state index in [4.69, 9.17) is 32.3 Å². The highest BCUT2D eigenvalue weighted by molar-refractivity contribution is 7.71. The third-order valence-electron chi connectivity index (χ3n) is 5.89. The average molecular weight is 701 g/mol. The van der Waals surface area contributed by atoms with Crippen LogP contribution >= 0.6 is 35.7 Å². The van der Waals surface area contributed by atoms with Gasteiger partial charge in [-0.25, -0.2) is 18.6 Å². The lowest BCUT2D eigenvalue weighted by Crippen LogP contribution is -2.38. The lowest BCUT2D eigenvalue weighted by molar-refractivity contribution is -0.250. The summed E-state index contributed by atoms with van der Waals surface area (Å²) in [6.45, 7) is 0.157. The summed E-state index contributed by atoms with van der Waals surface area (Å²) >= 11 is 5.15. The molecule has 1 saturated heterocycles. The molecule has 7 atom stereocenters. The first kappa shape index (κ1) is 34.4. The van der Waals surface area contributed by atoms with E-state index in [1.165, 1.54) is 10.9 Å². The number of anilines is 1. The Balaban J connectivity index is 1.50. The van der Waals surface area contributed by atoms with Crippen LogP contribution in [0, 0.1) is 11.6 Å². The molecule has 3 aromatic rings. The molecule has 1 amide bonds. The maximum absolute atomic E-state index is 12.5. The molecule has 0 aliphatic carbocycles. The van der Waals surface area contributed by atoms with Gasteiger partial charge in [0, 0.05) is 12.7 Å². The SMILES string of the molecule is Cc1cc(CNC(=O)COC2[C@@H](O)[C@@H](COP(=O)([O-])OP(=O)([O-])OP(=O)([O-])O)O[C@H]2n2cnc3c(=S)nc(N)[nH]c32)nn1C. The highest BCUT2D eigenvalue weighted by atomic mass is 32.1. The van der Waals surface area contributed by atoms with E-state index in [9.17, 15) is 38.3 Å². The number of nitrogen functional groups attached to an aromatic ring is 1. The number of aromatic amines is 1. The second kappa shape index (κ2) is 13.1. The number of aryl methyl sites for hydroxylation is 2. The number of rotatable bonds is 13. The van der Waals surface area contributed by atoms with Crippen LogP contribution in [-0.2, 0) is 54.7 Å². The summed E-state index contributed by atoms with van der Waals surface area (Å²) in [7, 11) is -16.3. The molecule has 0 saturated carbocycles. The fourth-order valence-corrected chi connectivity index (χ4v) is 7.14. The minimum Gasteiger partial charge on any atom is -0.756 e. The Labute approximate surface area is 251 Å². The molecule has 26 heteroatoms. The molecule has 44 heavy (non-hydrogen) atoms. The Kier molecular flexibility index (Phi) is 10.3. The first-order chi connectivity index (χ1) is 20.3. The maximum atomic E-state index is 12.5. The van der Waals surface area contributed by atoms with Crippen LogP contribution in [0.3, 0.4) is 0 Å². The van der Waals surface area contributed by atoms with Crippen LogP contribution in [0.5, 0.6) is 0 Å². The lowest BCUT2D eigenvalue weighted by Gasteiger charge is -2.33. The number of aromatic nitrogens is 6. The molecule has 1 fully saturated rings. The number of imidazole rings is 1. The van der Waals surface area contributed by atoms with Crippen molar-refractivity contribution in [3.63, 3.8) is 0 Å². The van der Waals surface area contributed by atoms with Crippen molar-refractivity contribution in [2.75, 3.05) is 18.9 Å². The summed E-state index contributed by atoms with van der Waals surface area (Å²) in [5, 5.41) is 17.8. The minimum absolute atomic E-state index is 0.00856. The number of carbonyl (C=O) groups excluding carboxylic acids is 1. The van der Waals surface area contributed by atoms with Crippen LogP contribution < -0.4 is 25.7 Å². The predicted octanol–water partition coefficient (Wildman–Crippen LogP) is -2.48. The molecule has 0 radical (unpaired) electrons. The fourth-order valence-electron chi connectivity index (χ4n) is 3.99. The number of carbonyl (C=O) groups is 1. The van der Waals surface area contributed by atoms with Gasteiger partial charge in [-0.3, -0.25) is 27.7 Å². The number of hydrogen-bond donors (Lipinski definition) is 5. The number of ether oxygens (including phenoxy) is 2. The van der Waals surface area contributed by atoms with E-state index in [0.29, 0.717) is 5.69 Å². The quantitative estimate of drug-likeness (QED) is 0.0909. The second-order valence-electron chi connectivity index (χ2n) is 9.11. The molecule has 0 aromatic carbocycles. The number of amides is 1. The normalized spacial score (nSPS) is 24.5. The molecule has 4 rings (SSSR count). The number of nitrogens with zero attached hydrogens (tertiary/aromatic N) is 5. The Morgan fingerprint density at radius 3 is 2.61 bits per heavy atom. The van der Waals surface area contributed by atoms with E-state index < -0.39 is 67.1 Å². The number of nitrogens with two attached hydrogens (primary N) is 1. The van der Waals surface area contributed by atoms with E-state index >= 15 is 0 Å². The Morgan fingerprint density at radius 2 is 1.98 bits per heavy atom. The first-order valence-corrected chi connectivity index (χ1v) is 16.8. The minimum atomic E-state index is -6.16. The number of H-pyrrole nitrogens is 1. The average Bonchev–Trinajstić information content (AvgIpc) is 3.53. The van der Waals surface area contributed by atoms with Gasteiger partial charge in [-0.1, -0.05) is 12.2 Å². The van der Waals surface area contributed by atoms with Gasteiger partial charge in [-0.2, -0.15) is 5.10 Å². The molecule has 4 heterocycles. The smallest absolute Gasteiger partial charge is 0.280 e. The van der Waals surface area contributed by atoms with Crippen molar-refractivity contribution in [1.29, 1.82) is 0 Å². The van der Waals surface area contributed by atoms with E-state index in [1.54, 1.807) is 17.8 Å². The topological polar surface area (TPSA) is 326 Å². The van der Waals surface area contributed by atoms with Crippen LogP contribution in [0.25, 0.3) is 11.2 Å². The molecule has 0 bridgehead atoms. The summed E-state index contributed by atoms with van der Waals surface area (Å²) < 4.78 is 59.7. The molecular formula is C18H24N8O14P3S-3. The van der Waals surface area contributed by atoms with Gasteiger partial charge in [0.2, 0.25) is 5.91 Å². The van der Waals surface area contributed by atoms with Crippen molar-refractivity contribution in [3.8, 4) is 0 Å². The molecule has 1 aliphatic rings. The van der Waals surface area contributed by atoms with Gasteiger partial charge in [0.05, 0.1) is 25.2 Å². The second-order valence-corrected chi connectivity index (χ2v) is 13.8. The number of aliphatic hydroxyl groups is 1. The van der Waals surface area contributed by atoms with E-state index in [0.717, 1.165) is 5.69 Å². The Hall–Kier alpha value is -2.46. The number of nitrogens with one attached hydrogen (secondary N) is 2. The van der Waals surface area contributed by atoms with Crippen molar-refractivity contribution < 1.29 is 65.8 Å². The van der Waals surface area contributed by atoms with E-state index in [2.05, 4.69) is 38.5 Å². The summed E-state index contributed by atoms with van der Waals surface area (Å²) in [4.78, 5) is 65.9. The largest absolute Gasteiger partial charge is 0.756 e. The zero-order valence-corrected chi connectivity index (χ0v) is 25.9. The standard InChI is InChI=1S/C18H27N8O14P3S/c1-8-3-9(24-25(8)2)4-20-11(27)6-36-14-13(28)10(5-37-42(32,33)40-43(34,35)39-41(29,30)31)38-17(14)26-7-21-12-15(26)22-18(19)23-16(12)44/h3,7,10,13-14,17,28H,4-6H2,1-2H3,(H,20,27)(H,32,33)(H,34,35)(H2,29,30,31)(H3,19,22,23,44)/p-3/t10-,13+,14?,17-/m1/s1. The Bertz CT molecular complexity index is 1720. The van der Waals surface area contributed by atoms with Gasteiger partial charge in [0.25, 0.3) is 23.5 Å². The van der Waals surface area contributed by atoms with Crippen molar-refractivity contribution in [2.24, 2.45) is 7.05 Å². The van der Waals surface area contributed by atoms with E-state index in [1.807, 2.05) is 6.92 Å². The Morgan fingerprint density at radius 1 is 1.27 bits per heavy atom. The van der Waals surface area contributed by atoms with E-state index in [-0.39, 0.29) is 28.3 Å². The summed E-state index contributed by atoms with van der Waals surface area (Å²) in [5.74, 6) is -0.728. The molecule has 1 aliphatic heterocycles. The van der Waals surface area contributed by atoms with Crippen LogP contribution in [0.2, 0.25) is 0 Å². The first-order valence-electron chi connectivity index (χ1n) is 12.0. The monoisotopic (exact) mass is 701 g/mol. The molecular weight excluding hydrogens is 677 g/mol. The van der Waals surface area contributed by atoms with Crippen LogP contribution in [0.1, 0.15) is 17.6 Å². The highest BCUT2D eigenvalue weighted by Crippen LogP contribution is 2.61. The zero-order chi connectivity index (χ0) is 32.6. The lowest BCUT2D eigenvalue weighted by atomic mass is 10.1. The molecule has 3 aromatic heterocycles. The highest BCUT2D eigenvalue weighted by Gasteiger charge is 2.47. The van der Waals surface area contributed by atoms with Gasteiger partial charge in [0.1, 0.15) is 36.1 Å². The third kappa shape index (κ3) is 8.62. The van der Waals surface area contributed by atoms with Crippen molar-refractivity contribution >= 4 is 58.7 Å². The fraction of sp³-hybridized carbons (Fsp3) is 0.500. The summed E-state index contributed by atoms with van der Waals surface area (Å²) in [6.07, 6.45) is -4.88. The molecule has 22 nitrogen and oxygen atoms in total. The van der Waals surface area contributed by atoms with Gasteiger partial charge in [-0.05, 0) is 13.0 Å². The van der Waals surface area contributed by atoms with Gasteiger partial charge in [-0.15, -0.1) is 0 Å². The number of hydrogen-bond acceptors (Lipinski definition) is 18. The van der Waals surface area contributed by atoms with Crippen molar-refractivity contribution in [3.05, 3.63) is 28.4 Å². The van der Waals surface area contributed by atoms with Crippen LogP contribution in [-0.4, -0.2) is 76.7 Å². The molecule has 0 spiro atoms. The summed E-state index contributed by atoms with van der Waals surface area (Å²) in [5.41, 5.74) is 7.49. The molecule has 244 valence electrons. The number of aliphatic hydroxyl groups excluding tert-OH is 1. The third-order valence-corrected chi connectivity index (χ3v) is 9.87. The molecule has 6 N–H and O–H groups in total. The number of fused-ring (bicyclic) bond motifs is 1. The van der Waals surface area contributed by atoms with Crippen LogP contribution in [0.4, 0.5) is 5.95 Å². The molecule has 4 unspecified atom stereocenters. The number of phosphoric acid groups is 3. The van der Waals surface area contributed by atoms with Crippen molar-refractivity contribution in [1.82, 2.24) is 34.6 Å². The van der Waals surface area contributed by atoms with Gasteiger partial charge < -0.3 is 54.7 Å². The number of phosphoric ester groups is 1. The van der Waals surface area contributed by atoms with Crippen molar-refractivity contribution in [2.45, 2.75) is 38.0 Å². The van der Waals surface area contributed by atoms with Crippen LogP contribution in [0.15, 0.2) is 12.4 Å². The zero-order valence-electron chi connectivity index (χ0n) is 22.4.